The largest absolute Gasteiger partial charge is 0.324 e. The van der Waals surface area contributed by atoms with Gasteiger partial charge in [-0.2, -0.15) is 0 Å². The molecule has 1 aromatic carbocycles. The van der Waals surface area contributed by atoms with Crippen LogP contribution in [0.15, 0.2) is 40.2 Å². The van der Waals surface area contributed by atoms with Crippen molar-refractivity contribution in [2.24, 2.45) is 5.73 Å². The molecule has 0 spiro atoms. The summed E-state index contributed by atoms with van der Waals surface area (Å²) in [5, 5.41) is 2.13. The predicted molar refractivity (Wildman–Crippen MR) is 91.1 cm³/mol. The molecule has 2 nitrogen and oxygen atoms in total. The van der Waals surface area contributed by atoms with Gasteiger partial charge in [0.25, 0.3) is 0 Å². The molecule has 1 unspecified atom stereocenters. The molecule has 2 N–H and O–H groups in total. The van der Waals surface area contributed by atoms with E-state index in [0.717, 1.165) is 19.5 Å². The molecule has 1 heterocycles. The first-order chi connectivity index (χ1) is 9.54. The van der Waals surface area contributed by atoms with Gasteiger partial charge in [-0.3, -0.25) is 0 Å². The van der Waals surface area contributed by atoms with E-state index in [9.17, 15) is 0 Å². The second kappa shape index (κ2) is 7.36. The average Bonchev–Trinajstić information content (AvgIpc) is 2.82. The molecule has 0 saturated carbocycles. The molecule has 0 aliphatic heterocycles. The third-order valence-electron chi connectivity index (χ3n) is 3.37. The van der Waals surface area contributed by atoms with Gasteiger partial charge >= 0.3 is 0 Å². The Morgan fingerprint density at radius 2 is 2.00 bits per heavy atom. The number of halogens is 1. The van der Waals surface area contributed by atoms with Crippen molar-refractivity contribution in [1.82, 2.24) is 4.90 Å². The van der Waals surface area contributed by atoms with Crippen LogP contribution in [0.1, 0.15) is 28.5 Å². The Morgan fingerprint density at radius 1 is 1.30 bits per heavy atom. The van der Waals surface area contributed by atoms with Crippen LogP contribution in [0.2, 0.25) is 0 Å². The summed E-state index contributed by atoms with van der Waals surface area (Å²) in [5.41, 5.74) is 8.76. The van der Waals surface area contributed by atoms with Crippen LogP contribution in [0, 0.1) is 6.92 Å². The number of aryl methyl sites for hydroxylation is 1. The summed E-state index contributed by atoms with van der Waals surface area (Å²) in [5.74, 6) is 0. The highest BCUT2D eigenvalue weighted by Gasteiger charge is 2.08. The number of thiophene rings is 1. The quantitative estimate of drug-likeness (QED) is 0.837. The lowest BCUT2D eigenvalue weighted by Crippen LogP contribution is -2.23. The van der Waals surface area contributed by atoms with Crippen molar-refractivity contribution in [3.8, 4) is 0 Å². The van der Waals surface area contributed by atoms with E-state index < -0.39 is 0 Å². The zero-order valence-corrected chi connectivity index (χ0v) is 14.4. The second-order valence-corrected chi connectivity index (χ2v) is 7.19. The first-order valence-electron chi connectivity index (χ1n) is 6.78. The molecule has 2 aromatic rings. The third kappa shape index (κ3) is 4.70. The molecule has 1 aromatic heterocycles. The molecule has 0 radical (unpaired) electrons. The van der Waals surface area contributed by atoms with E-state index in [-0.39, 0.29) is 6.04 Å². The van der Waals surface area contributed by atoms with Crippen molar-refractivity contribution in [1.29, 1.82) is 0 Å². The lowest BCUT2D eigenvalue weighted by molar-refractivity contribution is 0.314. The van der Waals surface area contributed by atoms with E-state index in [2.05, 4.69) is 70.5 Å². The van der Waals surface area contributed by atoms with Crippen molar-refractivity contribution in [2.45, 2.75) is 25.9 Å². The van der Waals surface area contributed by atoms with Gasteiger partial charge in [-0.1, -0.05) is 29.8 Å². The van der Waals surface area contributed by atoms with Crippen LogP contribution >= 0.6 is 27.3 Å². The topological polar surface area (TPSA) is 29.3 Å². The Hall–Kier alpha value is -0.680. The van der Waals surface area contributed by atoms with Crippen LogP contribution in [-0.2, 0) is 6.54 Å². The zero-order valence-electron chi connectivity index (χ0n) is 12.0. The fourth-order valence-corrected chi connectivity index (χ4v) is 3.65. The van der Waals surface area contributed by atoms with Crippen molar-refractivity contribution in [2.75, 3.05) is 13.6 Å². The van der Waals surface area contributed by atoms with Crippen LogP contribution in [0.25, 0.3) is 0 Å². The second-order valence-electron chi connectivity index (χ2n) is 5.27. The molecular formula is C16H21BrN2S. The maximum atomic E-state index is 6.26. The molecule has 0 bridgehead atoms. The Balaban J connectivity index is 1.80. The number of hydrogen-bond acceptors (Lipinski definition) is 3. The van der Waals surface area contributed by atoms with E-state index in [0.29, 0.717) is 0 Å². The van der Waals surface area contributed by atoms with Crippen molar-refractivity contribution in [3.63, 3.8) is 0 Å². The van der Waals surface area contributed by atoms with Crippen LogP contribution in [-0.4, -0.2) is 18.5 Å². The third-order valence-corrected chi connectivity index (χ3v) is 5.06. The number of nitrogens with two attached hydrogens (primary N) is 1. The van der Waals surface area contributed by atoms with Gasteiger partial charge in [-0.15, -0.1) is 11.3 Å². The van der Waals surface area contributed by atoms with Gasteiger partial charge in [0.05, 0.1) is 0 Å². The van der Waals surface area contributed by atoms with E-state index in [1.165, 1.54) is 20.5 Å². The van der Waals surface area contributed by atoms with Gasteiger partial charge < -0.3 is 10.6 Å². The first kappa shape index (κ1) is 15.7. The summed E-state index contributed by atoms with van der Waals surface area (Å²) in [6, 6.07) is 10.8. The Morgan fingerprint density at radius 3 is 2.60 bits per heavy atom. The van der Waals surface area contributed by atoms with Gasteiger partial charge in [0.2, 0.25) is 0 Å². The number of benzene rings is 1. The van der Waals surface area contributed by atoms with Crippen LogP contribution in [0.3, 0.4) is 0 Å². The standard InChI is InChI=1S/C16H21BrN2S/c1-12-3-5-13(6-4-12)16(18)7-8-19(2)10-15-9-14(17)11-20-15/h3-6,9,11,16H,7-8,10,18H2,1-2H3. The van der Waals surface area contributed by atoms with Gasteiger partial charge in [0.1, 0.15) is 0 Å². The average molecular weight is 353 g/mol. The minimum absolute atomic E-state index is 0.119. The predicted octanol–water partition coefficient (Wildman–Crippen LogP) is 4.34. The maximum absolute atomic E-state index is 6.26. The molecule has 2 rings (SSSR count). The minimum atomic E-state index is 0.119. The van der Waals surface area contributed by atoms with Crippen LogP contribution < -0.4 is 5.73 Å². The Labute approximate surface area is 133 Å². The lowest BCUT2D eigenvalue weighted by atomic mass is 10.0. The monoisotopic (exact) mass is 352 g/mol. The summed E-state index contributed by atoms with van der Waals surface area (Å²) in [7, 11) is 2.15. The number of rotatable bonds is 6. The molecule has 0 saturated heterocycles. The summed E-state index contributed by atoms with van der Waals surface area (Å²) >= 11 is 5.28. The van der Waals surface area contributed by atoms with Crippen molar-refractivity contribution >= 4 is 27.3 Å². The zero-order chi connectivity index (χ0) is 14.5. The molecule has 0 aliphatic rings. The fraction of sp³-hybridized carbons (Fsp3) is 0.375. The van der Waals surface area contributed by atoms with E-state index in [1.54, 1.807) is 11.3 Å². The summed E-state index contributed by atoms with van der Waals surface area (Å²) < 4.78 is 1.17. The number of hydrogen-bond donors (Lipinski definition) is 1. The van der Waals surface area contributed by atoms with Gasteiger partial charge in [0.15, 0.2) is 0 Å². The maximum Gasteiger partial charge on any atom is 0.0325 e. The Kier molecular flexibility index (Phi) is 5.78. The normalized spacial score (nSPS) is 12.8. The summed E-state index contributed by atoms with van der Waals surface area (Å²) in [4.78, 5) is 3.70. The first-order valence-corrected chi connectivity index (χ1v) is 8.45. The number of nitrogens with zero attached hydrogens (tertiary/aromatic N) is 1. The lowest BCUT2D eigenvalue weighted by Gasteiger charge is -2.19. The summed E-state index contributed by atoms with van der Waals surface area (Å²) in [6.07, 6.45) is 0.978. The van der Waals surface area contributed by atoms with Crippen molar-refractivity contribution in [3.05, 3.63) is 56.2 Å². The Bertz CT molecular complexity index is 536. The highest BCUT2D eigenvalue weighted by atomic mass is 79.9. The van der Waals surface area contributed by atoms with Gasteiger partial charge in [-0.05, 0) is 48.0 Å². The molecular weight excluding hydrogens is 332 g/mol. The minimum Gasteiger partial charge on any atom is -0.324 e. The molecule has 108 valence electrons. The van der Waals surface area contributed by atoms with Gasteiger partial charge in [0, 0.05) is 33.9 Å². The molecule has 1 atom stereocenters. The molecule has 20 heavy (non-hydrogen) atoms. The molecule has 0 amide bonds. The summed E-state index contributed by atoms with van der Waals surface area (Å²) in [6.45, 7) is 4.09. The molecule has 0 aliphatic carbocycles. The SMILES string of the molecule is Cc1ccc(C(N)CCN(C)Cc2cc(Br)cs2)cc1. The van der Waals surface area contributed by atoms with Crippen molar-refractivity contribution < 1.29 is 0 Å². The highest BCUT2D eigenvalue weighted by Crippen LogP contribution is 2.21. The van der Waals surface area contributed by atoms with E-state index in [1.807, 2.05) is 0 Å². The van der Waals surface area contributed by atoms with E-state index >= 15 is 0 Å². The smallest absolute Gasteiger partial charge is 0.0325 e. The van der Waals surface area contributed by atoms with Crippen LogP contribution in [0.4, 0.5) is 0 Å². The molecule has 4 heteroatoms. The van der Waals surface area contributed by atoms with Gasteiger partial charge in [-0.25, -0.2) is 0 Å². The van der Waals surface area contributed by atoms with Crippen LogP contribution in [0.5, 0.6) is 0 Å². The fourth-order valence-electron chi connectivity index (χ4n) is 2.12. The molecule has 0 fully saturated rings. The van der Waals surface area contributed by atoms with E-state index in [4.69, 9.17) is 5.73 Å². The highest BCUT2D eigenvalue weighted by molar-refractivity contribution is 9.10.